The number of aryl methyl sites for hydroxylation is 1. The molecule has 6 nitrogen and oxygen atoms in total. The van der Waals surface area contributed by atoms with Gasteiger partial charge in [0.2, 0.25) is 0 Å². The molecule has 3 rings (SSSR count). The van der Waals surface area contributed by atoms with Crippen molar-refractivity contribution >= 4 is 51.3 Å². The number of hydrogen-bond acceptors (Lipinski definition) is 6. The fourth-order valence-electron chi connectivity index (χ4n) is 3.44. The first-order chi connectivity index (χ1) is 16.8. The van der Waals surface area contributed by atoms with Crippen LogP contribution in [0.5, 0.6) is 11.5 Å². The third kappa shape index (κ3) is 8.35. The predicted octanol–water partition coefficient (Wildman–Crippen LogP) is 5.63. The van der Waals surface area contributed by atoms with E-state index in [-0.39, 0.29) is 36.5 Å². The first-order valence-corrected chi connectivity index (χ1v) is 13.5. The van der Waals surface area contributed by atoms with E-state index < -0.39 is 17.1 Å². The minimum atomic E-state index is -1.44. The molecule has 0 radical (unpaired) electrons. The van der Waals surface area contributed by atoms with Crippen LogP contribution in [0.4, 0.5) is 0 Å². The highest BCUT2D eigenvalue weighted by Gasteiger charge is 2.20. The zero-order valence-corrected chi connectivity index (χ0v) is 23.5. The van der Waals surface area contributed by atoms with Crippen molar-refractivity contribution in [3.8, 4) is 11.5 Å². The Balaban J connectivity index is 0.00000456. The topological polar surface area (TPSA) is 87.7 Å². The van der Waals surface area contributed by atoms with Gasteiger partial charge in [-0.3, -0.25) is 4.79 Å². The molecule has 2 unspecified atom stereocenters. The molecule has 0 aliphatic rings. The Hall–Kier alpha value is -2.36. The average Bonchev–Trinajstić information content (AvgIpc) is 2.86. The van der Waals surface area contributed by atoms with Gasteiger partial charge < -0.3 is 19.3 Å². The number of hydrogen-bond donors (Lipinski definition) is 1. The van der Waals surface area contributed by atoms with Gasteiger partial charge in [-0.15, -0.1) is 12.4 Å². The van der Waals surface area contributed by atoms with E-state index in [2.05, 4.69) is 21.2 Å². The fourth-order valence-corrected chi connectivity index (χ4v) is 4.72. The lowest BCUT2D eigenvalue weighted by Gasteiger charge is -2.15. The lowest BCUT2D eigenvalue weighted by Crippen LogP contribution is -2.32. The van der Waals surface area contributed by atoms with Crippen LogP contribution in [-0.4, -0.2) is 42.3 Å². The van der Waals surface area contributed by atoms with Crippen molar-refractivity contribution in [2.24, 2.45) is 0 Å². The first-order valence-electron chi connectivity index (χ1n) is 11.1. The number of ketones is 1. The van der Waals surface area contributed by atoms with Crippen LogP contribution in [-0.2, 0) is 17.6 Å². The molecule has 3 aromatic carbocycles. The number of methoxy groups -OCH3 is 1. The third-order valence-corrected chi connectivity index (χ3v) is 7.04. The van der Waals surface area contributed by atoms with Crippen molar-refractivity contribution in [1.82, 2.24) is 5.32 Å². The summed E-state index contributed by atoms with van der Waals surface area (Å²) < 4.78 is 23.9. The highest BCUT2D eigenvalue weighted by molar-refractivity contribution is 9.10. The van der Waals surface area contributed by atoms with Crippen molar-refractivity contribution in [2.75, 3.05) is 19.9 Å². The summed E-state index contributed by atoms with van der Waals surface area (Å²) in [5, 5.41) is 3.26. The second-order valence-electron chi connectivity index (χ2n) is 8.08. The zero-order valence-electron chi connectivity index (χ0n) is 20.3. The Bertz CT molecular complexity index is 1180. The molecule has 0 amide bonds. The average molecular weight is 595 g/mol. The minimum absolute atomic E-state index is 0. The molecule has 0 aromatic heterocycles. The summed E-state index contributed by atoms with van der Waals surface area (Å²) in [4.78, 5) is 25.5. The molecule has 0 saturated carbocycles. The summed E-state index contributed by atoms with van der Waals surface area (Å²) in [6.45, 7) is 2.18. The van der Waals surface area contributed by atoms with Crippen LogP contribution >= 0.6 is 28.3 Å². The van der Waals surface area contributed by atoms with Crippen molar-refractivity contribution in [1.29, 1.82) is 0 Å². The van der Waals surface area contributed by atoms with Crippen molar-refractivity contribution < 1.29 is 23.6 Å². The number of ether oxygens (including phenoxy) is 2. The fraction of sp³-hybridized carbons (Fsp3) is 0.259. The smallest absolute Gasteiger partial charge is 0.343 e. The Morgan fingerprint density at radius 1 is 1.03 bits per heavy atom. The highest BCUT2D eigenvalue weighted by atomic mass is 79.9. The van der Waals surface area contributed by atoms with Gasteiger partial charge in [0.15, 0.2) is 16.4 Å². The third-order valence-electron chi connectivity index (χ3n) is 5.48. The van der Waals surface area contributed by atoms with E-state index in [9.17, 15) is 14.1 Å². The molecule has 0 aliphatic heterocycles. The molecule has 36 heavy (non-hydrogen) atoms. The summed E-state index contributed by atoms with van der Waals surface area (Å²) in [5.41, 5.74) is 1.97. The Kier molecular flexibility index (Phi) is 11.9. The first kappa shape index (κ1) is 29.9. The summed E-state index contributed by atoms with van der Waals surface area (Å²) in [5.74, 6) is 0.300. The summed E-state index contributed by atoms with van der Waals surface area (Å²) >= 11 is 2.06. The van der Waals surface area contributed by atoms with Crippen molar-refractivity contribution in [2.45, 2.75) is 30.7 Å². The van der Waals surface area contributed by atoms with Crippen LogP contribution < -0.4 is 14.8 Å². The van der Waals surface area contributed by atoms with Gasteiger partial charge in [0.1, 0.15) is 12.0 Å². The van der Waals surface area contributed by atoms with Gasteiger partial charge in [-0.05, 0) is 88.8 Å². The lowest BCUT2D eigenvalue weighted by atomic mass is 10.1. The number of carbonyl (C=O) groups is 2. The molecule has 2 atom stereocenters. The Labute approximate surface area is 229 Å². The van der Waals surface area contributed by atoms with E-state index in [1.165, 1.54) is 24.0 Å². The number of Topliss-reactive ketones (excluding diaryl/α,β-unsaturated/α-hetero) is 1. The molecule has 0 bridgehead atoms. The minimum Gasteiger partial charge on any atom is -0.612 e. The van der Waals surface area contributed by atoms with Crippen LogP contribution in [0.1, 0.15) is 39.6 Å². The number of halogens is 2. The summed E-state index contributed by atoms with van der Waals surface area (Å²) in [6, 6.07) is 19.3. The van der Waals surface area contributed by atoms with E-state index in [4.69, 9.17) is 9.47 Å². The van der Waals surface area contributed by atoms with E-state index in [0.29, 0.717) is 16.0 Å². The number of carbonyl (C=O) groups excluding carboxylic acids is 2. The second kappa shape index (κ2) is 14.4. The number of nitrogens with one attached hydrogen (secondary N) is 1. The molecule has 0 spiro atoms. The van der Waals surface area contributed by atoms with E-state index in [1.807, 2.05) is 25.1 Å². The Morgan fingerprint density at radius 2 is 1.72 bits per heavy atom. The van der Waals surface area contributed by atoms with E-state index >= 15 is 0 Å². The molecule has 1 N–H and O–H groups in total. The number of benzene rings is 3. The molecule has 3 aromatic rings. The van der Waals surface area contributed by atoms with Gasteiger partial charge in [-0.2, -0.15) is 0 Å². The predicted molar refractivity (Wildman–Crippen MR) is 148 cm³/mol. The molecule has 0 fully saturated rings. The van der Waals surface area contributed by atoms with E-state index in [1.54, 1.807) is 43.5 Å². The highest BCUT2D eigenvalue weighted by Crippen LogP contribution is 2.27. The van der Waals surface area contributed by atoms with E-state index in [0.717, 1.165) is 23.1 Å². The maximum absolute atomic E-state index is 12.8. The van der Waals surface area contributed by atoms with Crippen LogP contribution in [0.3, 0.4) is 0 Å². The van der Waals surface area contributed by atoms with Gasteiger partial charge in [0.05, 0.1) is 23.7 Å². The van der Waals surface area contributed by atoms with Crippen molar-refractivity contribution in [3.05, 3.63) is 87.9 Å². The normalized spacial score (nSPS) is 12.2. The molecule has 0 aliphatic carbocycles. The van der Waals surface area contributed by atoms with Gasteiger partial charge in [-0.25, -0.2) is 4.79 Å². The number of esters is 1. The van der Waals surface area contributed by atoms with Crippen LogP contribution in [0.25, 0.3) is 0 Å². The molecular formula is C27H29BrClNO5S. The number of rotatable bonds is 11. The second-order valence-corrected chi connectivity index (χ2v) is 10.3. The summed E-state index contributed by atoms with van der Waals surface area (Å²) in [6.07, 6.45) is 3.19. The zero-order chi connectivity index (χ0) is 25.4. The quantitative estimate of drug-likeness (QED) is 0.134. The molecule has 192 valence electrons. The summed E-state index contributed by atoms with van der Waals surface area (Å²) in [7, 11) is 1.63. The molecule has 0 saturated heterocycles. The maximum atomic E-state index is 12.8. The van der Waals surface area contributed by atoms with Crippen molar-refractivity contribution in [3.63, 3.8) is 0 Å². The SMILES string of the molecule is COc1ccc(CCC(C)NCC(=O)c2ccc(OC(=O)c3ccccc3)c([S+](C)[O-])c2)cc1Br.Cl. The van der Waals surface area contributed by atoms with Gasteiger partial charge >= 0.3 is 5.97 Å². The Morgan fingerprint density at radius 3 is 2.36 bits per heavy atom. The largest absolute Gasteiger partial charge is 0.612 e. The monoisotopic (exact) mass is 593 g/mol. The lowest BCUT2D eigenvalue weighted by molar-refractivity contribution is 0.0730. The van der Waals surface area contributed by atoms with Gasteiger partial charge in [-0.1, -0.05) is 24.3 Å². The molecule has 9 heteroatoms. The molecular weight excluding hydrogens is 566 g/mol. The van der Waals surface area contributed by atoms with Crippen LogP contribution in [0.15, 0.2) is 76.1 Å². The van der Waals surface area contributed by atoms with Gasteiger partial charge in [0.25, 0.3) is 0 Å². The standard InChI is InChI=1S/C27H28BrNO5S.ClH/c1-18(9-10-19-11-13-24(33-2)22(28)15-19)29-17-23(30)21-12-14-25(26(16-21)35(3)32)34-27(31)20-7-5-4-6-8-20;/h4-8,11-16,18,29H,9-10,17H2,1-3H3;1H. The van der Waals surface area contributed by atoms with Crippen LogP contribution in [0, 0.1) is 0 Å². The molecule has 0 heterocycles. The maximum Gasteiger partial charge on any atom is 0.343 e. The van der Waals surface area contributed by atoms with Gasteiger partial charge in [0, 0.05) is 17.7 Å². The van der Waals surface area contributed by atoms with Crippen LogP contribution in [0.2, 0.25) is 0 Å².